The molecule has 3 heteroatoms. The van der Waals surface area contributed by atoms with Crippen molar-refractivity contribution in [3.05, 3.63) is 23.8 Å². The van der Waals surface area contributed by atoms with Crippen LogP contribution in [0.15, 0.2) is 18.2 Å². The first-order valence-electron chi connectivity index (χ1n) is 7.71. The molecule has 1 N–H and O–H groups in total. The molecule has 0 bridgehead atoms. The third-order valence-electron chi connectivity index (χ3n) is 5.88. The Hall–Kier alpha value is -1.51. The molecule has 0 saturated heterocycles. The third kappa shape index (κ3) is 1.76. The predicted octanol–water partition coefficient (Wildman–Crippen LogP) is 4.03. The quantitative estimate of drug-likeness (QED) is 0.660. The number of ether oxygens (including phenoxy) is 1. The van der Waals surface area contributed by atoms with Gasteiger partial charge in [-0.15, -0.1) is 0 Å². The van der Waals surface area contributed by atoms with Gasteiger partial charge in [-0.3, -0.25) is 4.79 Å². The van der Waals surface area contributed by atoms with Crippen molar-refractivity contribution < 1.29 is 14.6 Å². The van der Waals surface area contributed by atoms with Crippen LogP contribution >= 0.6 is 0 Å². The van der Waals surface area contributed by atoms with E-state index in [2.05, 4.69) is 34.6 Å². The molecule has 0 radical (unpaired) electrons. The molecule has 1 heterocycles. The average molecular weight is 288 g/mol. The van der Waals surface area contributed by atoms with Crippen LogP contribution in [0.4, 0.5) is 0 Å². The molecule has 1 saturated carbocycles. The molecule has 2 aliphatic rings. The molecule has 2 atom stereocenters. The van der Waals surface area contributed by atoms with Crippen LogP contribution in [0.3, 0.4) is 0 Å². The van der Waals surface area contributed by atoms with E-state index in [-0.39, 0.29) is 33.9 Å². The third-order valence-corrected chi connectivity index (χ3v) is 5.88. The Morgan fingerprint density at radius 2 is 2.00 bits per heavy atom. The van der Waals surface area contributed by atoms with E-state index in [1.54, 1.807) is 18.2 Å². The van der Waals surface area contributed by atoms with E-state index < -0.39 is 0 Å². The van der Waals surface area contributed by atoms with Crippen molar-refractivity contribution in [2.75, 3.05) is 0 Å². The number of carbonyl (C=O) groups excluding carboxylic acids is 1. The highest BCUT2D eigenvalue weighted by atomic mass is 16.5. The molecule has 114 valence electrons. The lowest BCUT2D eigenvalue weighted by Crippen LogP contribution is -2.47. The fourth-order valence-corrected chi connectivity index (χ4v) is 4.28. The van der Waals surface area contributed by atoms with Gasteiger partial charge in [0.2, 0.25) is 0 Å². The van der Waals surface area contributed by atoms with E-state index in [9.17, 15) is 9.90 Å². The summed E-state index contributed by atoms with van der Waals surface area (Å²) in [7, 11) is 0. The van der Waals surface area contributed by atoms with Gasteiger partial charge in [0.05, 0.1) is 5.92 Å². The summed E-state index contributed by atoms with van der Waals surface area (Å²) in [5.74, 6) is 0.568. The average Bonchev–Trinajstić information content (AvgIpc) is 2.93. The number of rotatable bonds is 2. The first kappa shape index (κ1) is 14.4. The molecular weight excluding hydrogens is 264 g/mol. The summed E-state index contributed by atoms with van der Waals surface area (Å²) >= 11 is 0. The minimum atomic E-state index is -0.212. The summed E-state index contributed by atoms with van der Waals surface area (Å²) in [6, 6.07) is 5.09. The van der Waals surface area contributed by atoms with Crippen LogP contribution in [0, 0.1) is 16.7 Å². The van der Waals surface area contributed by atoms with Gasteiger partial charge in [0.25, 0.3) is 0 Å². The van der Waals surface area contributed by atoms with Gasteiger partial charge in [-0.2, -0.15) is 0 Å². The van der Waals surface area contributed by atoms with E-state index in [1.807, 2.05) is 0 Å². The Kier molecular flexibility index (Phi) is 2.76. The molecule has 1 spiro atoms. The zero-order valence-corrected chi connectivity index (χ0v) is 13.5. The lowest BCUT2D eigenvalue weighted by Gasteiger charge is -2.43. The van der Waals surface area contributed by atoms with Crippen LogP contribution in [0.2, 0.25) is 0 Å². The predicted molar refractivity (Wildman–Crippen MR) is 81.4 cm³/mol. The number of aromatic hydroxyl groups is 1. The van der Waals surface area contributed by atoms with Gasteiger partial charge in [-0.1, -0.05) is 41.0 Å². The second-order valence-corrected chi connectivity index (χ2v) is 7.91. The normalized spacial score (nSPS) is 30.0. The van der Waals surface area contributed by atoms with Gasteiger partial charge in [0.15, 0.2) is 0 Å². The van der Waals surface area contributed by atoms with Crippen LogP contribution in [-0.2, 0) is 10.2 Å². The summed E-state index contributed by atoms with van der Waals surface area (Å²) in [4.78, 5) is 12.7. The molecule has 1 aliphatic carbocycles. The lowest BCUT2D eigenvalue weighted by atomic mass is 9.62. The van der Waals surface area contributed by atoms with Gasteiger partial charge in [-0.25, -0.2) is 0 Å². The van der Waals surface area contributed by atoms with E-state index >= 15 is 0 Å². The van der Waals surface area contributed by atoms with Crippen molar-refractivity contribution in [1.82, 2.24) is 0 Å². The SMILES string of the molecule is CCC(C)(C)C1C(=O)Oc2ccc(O)cc2C12CC2(C)C. The zero-order valence-electron chi connectivity index (χ0n) is 13.5. The number of hydrogen-bond acceptors (Lipinski definition) is 3. The number of hydrogen-bond donors (Lipinski definition) is 1. The summed E-state index contributed by atoms with van der Waals surface area (Å²) in [5, 5.41) is 9.89. The minimum Gasteiger partial charge on any atom is -0.508 e. The van der Waals surface area contributed by atoms with E-state index in [4.69, 9.17) is 4.74 Å². The van der Waals surface area contributed by atoms with Crippen molar-refractivity contribution in [2.24, 2.45) is 16.7 Å². The molecule has 2 unspecified atom stereocenters. The maximum atomic E-state index is 12.7. The second kappa shape index (κ2) is 4.02. The topological polar surface area (TPSA) is 46.5 Å². The first-order chi connectivity index (χ1) is 9.65. The summed E-state index contributed by atoms with van der Waals surface area (Å²) in [6.07, 6.45) is 1.87. The first-order valence-corrected chi connectivity index (χ1v) is 7.71. The van der Waals surface area contributed by atoms with Crippen LogP contribution in [0.1, 0.15) is 53.0 Å². The largest absolute Gasteiger partial charge is 0.508 e. The molecular formula is C18H24O3. The molecule has 3 rings (SSSR count). The van der Waals surface area contributed by atoms with Gasteiger partial charge in [0, 0.05) is 11.0 Å². The van der Waals surface area contributed by atoms with Crippen LogP contribution in [0.5, 0.6) is 11.5 Å². The number of benzene rings is 1. The van der Waals surface area contributed by atoms with E-state index in [0.717, 1.165) is 18.4 Å². The molecule has 21 heavy (non-hydrogen) atoms. The van der Waals surface area contributed by atoms with Crippen LogP contribution < -0.4 is 4.74 Å². The fraction of sp³-hybridized carbons (Fsp3) is 0.611. The molecule has 0 aromatic heterocycles. The number of phenolic OH excluding ortho intramolecular Hbond substituents is 1. The highest BCUT2D eigenvalue weighted by Crippen LogP contribution is 2.73. The number of fused-ring (bicyclic) bond motifs is 2. The van der Waals surface area contributed by atoms with Crippen molar-refractivity contribution in [1.29, 1.82) is 0 Å². The van der Waals surface area contributed by atoms with Gasteiger partial charge < -0.3 is 9.84 Å². The highest BCUT2D eigenvalue weighted by Gasteiger charge is 2.72. The van der Waals surface area contributed by atoms with Crippen LogP contribution in [0.25, 0.3) is 0 Å². The minimum absolute atomic E-state index is 0.0477. The summed E-state index contributed by atoms with van der Waals surface area (Å²) < 4.78 is 5.61. The smallest absolute Gasteiger partial charge is 0.315 e. The van der Waals surface area contributed by atoms with Crippen LogP contribution in [-0.4, -0.2) is 11.1 Å². The number of carbonyl (C=O) groups is 1. The molecule has 1 fully saturated rings. The summed E-state index contributed by atoms with van der Waals surface area (Å²) in [6.45, 7) is 10.8. The number of phenols is 1. The Labute approximate surface area is 126 Å². The second-order valence-electron chi connectivity index (χ2n) is 7.91. The Morgan fingerprint density at radius 1 is 1.38 bits per heavy atom. The van der Waals surface area contributed by atoms with Gasteiger partial charge in [0.1, 0.15) is 11.5 Å². The van der Waals surface area contributed by atoms with E-state index in [1.165, 1.54) is 0 Å². The monoisotopic (exact) mass is 288 g/mol. The Morgan fingerprint density at radius 3 is 2.52 bits per heavy atom. The molecule has 1 aromatic rings. The summed E-state index contributed by atoms with van der Waals surface area (Å²) in [5.41, 5.74) is 0.703. The van der Waals surface area contributed by atoms with Gasteiger partial charge >= 0.3 is 5.97 Å². The van der Waals surface area contributed by atoms with E-state index in [0.29, 0.717) is 5.75 Å². The van der Waals surface area contributed by atoms with Gasteiger partial charge in [-0.05, 0) is 35.4 Å². The Bertz CT molecular complexity index is 615. The zero-order chi connectivity index (χ0) is 15.6. The maximum absolute atomic E-state index is 12.7. The Balaban J connectivity index is 2.23. The molecule has 1 aromatic carbocycles. The molecule has 1 aliphatic heterocycles. The fourth-order valence-electron chi connectivity index (χ4n) is 4.28. The standard InChI is InChI=1S/C18H24O3/c1-6-16(2,3)14-15(20)21-13-8-7-11(19)9-12(13)18(14)10-17(18,4)5/h7-9,14,19H,6,10H2,1-5H3. The van der Waals surface area contributed by atoms with Crippen molar-refractivity contribution in [3.63, 3.8) is 0 Å². The van der Waals surface area contributed by atoms with Crippen molar-refractivity contribution in [2.45, 2.75) is 52.9 Å². The van der Waals surface area contributed by atoms with Crippen molar-refractivity contribution in [3.8, 4) is 11.5 Å². The highest BCUT2D eigenvalue weighted by molar-refractivity contribution is 5.83. The molecule has 3 nitrogen and oxygen atoms in total. The molecule has 0 amide bonds. The number of esters is 1. The maximum Gasteiger partial charge on any atom is 0.315 e. The lowest BCUT2D eigenvalue weighted by molar-refractivity contribution is -0.147. The van der Waals surface area contributed by atoms with Crippen molar-refractivity contribution >= 4 is 5.97 Å².